The maximum absolute atomic E-state index is 13.6. The Kier molecular flexibility index (Phi) is 4.98. The molecule has 3 aromatic carbocycles. The zero-order valence-electron chi connectivity index (χ0n) is 21.1. The first kappa shape index (κ1) is 22.8. The molecule has 0 bridgehead atoms. The molecule has 2 saturated heterocycles. The molecule has 3 amide bonds. The van der Waals surface area contributed by atoms with Crippen LogP contribution >= 0.6 is 0 Å². The summed E-state index contributed by atoms with van der Waals surface area (Å²) in [6, 6.07) is 27.3. The third-order valence-electron chi connectivity index (χ3n) is 8.90. The molecule has 4 aromatic rings. The first-order valence-corrected chi connectivity index (χ1v) is 13.1. The summed E-state index contributed by atoms with van der Waals surface area (Å²) in [6.45, 7) is 3.27. The highest BCUT2D eigenvalue weighted by Crippen LogP contribution is 2.67. The molecule has 1 aliphatic carbocycles. The number of carbonyl (C=O) groups excluding carboxylic acids is 3. The van der Waals surface area contributed by atoms with E-state index in [0.717, 1.165) is 22.0 Å². The molecule has 2 aliphatic heterocycles. The van der Waals surface area contributed by atoms with Crippen molar-refractivity contribution in [2.24, 2.45) is 11.8 Å². The lowest BCUT2D eigenvalue weighted by Gasteiger charge is -2.51. The van der Waals surface area contributed by atoms with Gasteiger partial charge in [0.1, 0.15) is 5.69 Å². The smallest absolute Gasteiger partial charge is 0.268 e. The van der Waals surface area contributed by atoms with Gasteiger partial charge in [0.15, 0.2) is 0 Å². The van der Waals surface area contributed by atoms with Crippen LogP contribution < -0.4 is 5.32 Å². The highest BCUT2D eigenvalue weighted by Gasteiger charge is 2.81. The van der Waals surface area contributed by atoms with Crippen LogP contribution in [0.3, 0.4) is 0 Å². The molecule has 4 atom stereocenters. The SMILES string of the molecule is CC1C2CN(C(=O)c3cccc(-c4ccccc4)c3)C3CN(C(=O)CNC(=O)c4cc5ccccc5[nH]4)C123. The molecule has 38 heavy (non-hydrogen) atoms. The lowest BCUT2D eigenvalue weighted by molar-refractivity contribution is -0.144. The second-order valence-corrected chi connectivity index (χ2v) is 10.7. The topological polar surface area (TPSA) is 85.5 Å². The third-order valence-corrected chi connectivity index (χ3v) is 8.90. The van der Waals surface area contributed by atoms with Crippen molar-refractivity contribution in [2.45, 2.75) is 18.5 Å². The summed E-state index contributed by atoms with van der Waals surface area (Å²) in [6.07, 6.45) is 0. The maximum atomic E-state index is 13.6. The Morgan fingerprint density at radius 2 is 1.68 bits per heavy atom. The van der Waals surface area contributed by atoms with E-state index in [1.165, 1.54) is 0 Å². The Morgan fingerprint density at radius 3 is 2.50 bits per heavy atom. The molecule has 1 saturated carbocycles. The first-order chi connectivity index (χ1) is 18.5. The van der Waals surface area contributed by atoms with Gasteiger partial charge in [-0.2, -0.15) is 0 Å². The number of aromatic nitrogens is 1. The number of nitrogens with zero attached hydrogens (tertiary/aromatic N) is 2. The third kappa shape index (κ3) is 3.24. The molecule has 0 radical (unpaired) electrons. The number of likely N-dealkylation sites (tertiary alicyclic amines) is 2. The van der Waals surface area contributed by atoms with Crippen molar-refractivity contribution < 1.29 is 14.4 Å². The number of rotatable bonds is 5. The zero-order valence-corrected chi connectivity index (χ0v) is 21.1. The van der Waals surface area contributed by atoms with Crippen LogP contribution in [0.2, 0.25) is 0 Å². The van der Waals surface area contributed by atoms with Crippen LogP contribution in [0, 0.1) is 11.8 Å². The fraction of sp³-hybridized carbons (Fsp3) is 0.258. The van der Waals surface area contributed by atoms with E-state index in [9.17, 15) is 14.4 Å². The number of carbonyl (C=O) groups is 3. The van der Waals surface area contributed by atoms with Crippen molar-refractivity contribution in [3.05, 3.63) is 96.2 Å². The molecule has 3 heterocycles. The number of amides is 3. The Hall–Kier alpha value is -4.39. The Bertz CT molecular complexity index is 1560. The lowest BCUT2D eigenvalue weighted by Crippen LogP contribution is -2.70. The largest absolute Gasteiger partial charge is 0.351 e. The quantitative estimate of drug-likeness (QED) is 0.432. The van der Waals surface area contributed by atoms with Gasteiger partial charge in [0.05, 0.1) is 18.1 Å². The predicted octanol–water partition coefficient (Wildman–Crippen LogP) is 3.94. The molecular formula is C31H28N4O3. The molecule has 7 nitrogen and oxygen atoms in total. The average Bonchev–Trinajstić information content (AvgIpc) is 3.22. The lowest BCUT2D eigenvalue weighted by atomic mass is 9.90. The van der Waals surface area contributed by atoms with Gasteiger partial charge in [-0.15, -0.1) is 0 Å². The van der Waals surface area contributed by atoms with Crippen LogP contribution in [0.25, 0.3) is 22.0 Å². The van der Waals surface area contributed by atoms with Gasteiger partial charge < -0.3 is 20.1 Å². The number of H-pyrrole nitrogens is 1. The van der Waals surface area contributed by atoms with E-state index in [2.05, 4.69) is 17.2 Å². The molecular weight excluding hydrogens is 476 g/mol. The van der Waals surface area contributed by atoms with Crippen molar-refractivity contribution in [1.29, 1.82) is 0 Å². The number of hydrogen-bond donors (Lipinski definition) is 2. The van der Waals surface area contributed by atoms with E-state index in [-0.39, 0.29) is 41.8 Å². The minimum Gasteiger partial charge on any atom is -0.351 e. The summed E-state index contributed by atoms with van der Waals surface area (Å²) in [5.41, 5.74) is 3.78. The van der Waals surface area contributed by atoms with Gasteiger partial charge in [-0.3, -0.25) is 14.4 Å². The molecule has 3 fully saturated rings. The summed E-state index contributed by atoms with van der Waals surface area (Å²) in [7, 11) is 0. The van der Waals surface area contributed by atoms with Gasteiger partial charge in [0, 0.05) is 35.5 Å². The average molecular weight is 505 g/mol. The molecule has 7 heteroatoms. The van der Waals surface area contributed by atoms with Crippen LogP contribution in [0.4, 0.5) is 0 Å². The Morgan fingerprint density at radius 1 is 0.921 bits per heavy atom. The van der Waals surface area contributed by atoms with Crippen LogP contribution in [0.1, 0.15) is 27.8 Å². The van der Waals surface area contributed by atoms with Crippen molar-refractivity contribution >= 4 is 28.6 Å². The molecule has 1 aromatic heterocycles. The summed E-state index contributed by atoms with van der Waals surface area (Å²) in [4.78, 5) is 46.4. The fourth-order valence-electron chi connectivity index (χ4n) is 6.90. The van der Waals surface area contributed by atoms with Gasteiger partial charge in [-0.25, -0.2) is 0 Å². The standard InChI is InChI=1S/C31H28N4O3/c1-19-24-17-34(30(38)23-12-7-11-21(14-23)20-8-3-2-4-9-20)27-18-35(31(19,24)27)28(36)16-32-29(37)26-15-22-10-5-6-13-25(22)33-26/h2-15,19,24,27,33H,16-18H2,1H3,(H,32,37). The van der Waals surface area contributed by atoms with E-state index < -0.39 is 0 Å². The van der Waals surface area contributed by atoms with Gasteiger partial charge in [0.25, 0.3) is 11.8 Å². The normalized spacial score (nSPS) is 24.9. The first-order valence-electron chi connectivity index (χ1n) is 13.1. The minimum absolute atomic E-state index is 0.0174. The number of para-hydroxylation sites is 1. The van der Waals surface area contributed by atoms with Crippen molar-refractivity contribution in [1.82, 2.24) is 20.1 Å². The van der Waals surface area contributed by atoms with E-state index in [1.54, 1.807) is 6.07 Å². The summed E-state index contributed by atoms with van der Waals surface area (Å²) < 4.78 is 0. The molecule has 4 unspecified atom stereocenters. The highest BCUT2D eigenvalue weighted by atomic mass is 16.2. The molecule has 2 N–H and O–H groups in total. The van der Waals surface area contributed by atoms with Crippen molar-refractivity contribution in [3.63, 3.8) is 0 Å². The summed E-state index contributed by atoms with van der Waals surface area (Å²) in [5, 5.41) is 3.73. The molecule has 190 valence electrons. The summed E-state index contributed by atoms with van der Waals surface area (Å²) >= 11 is 0. The second-order valence-electron chi connectivity index (χ2n) is 10.7. The van der Waals surface area contributed by atoms with Crippen LogP contribution in [0.15, 0.2) is 84.9 Å². The van der Waals surface area contributed by atoms with Gasteiger partial charge in [0.2, 0.25) is 5.91 Å². The van der Waals surface area contributed by atoms with Crippen LogP contribution in [-0.4, -0.2) is 63.7 Å². The van der Waals surface area contributed by atoms with E-state index in [0.29, 0.717) is 30.3 Å². The minimum atomic E-state index is -0.300. The van der Waals surface area contributed by atoms with E-state index in [1.807, 2.05) is 88.7 Å². The molecule has 1 spiro atoms. The van der Waals surface area contributed by atoms with Crippen LogP contribution in [-0.2, 0) is 4.79 Å². The predicted molar refractivity (Wildman–Crippen MR) is 144 cm³/mol. The van der Waals surface area contributed by atoms with E-state index >= 15 is 0 Å². The Balaban J connectivity index is 1.03. The Labute approximate surface area is 220 Å². The van der Waals surface area contributed by atoms with Crippen molar-refractivity contribution in [2.75, 3.05) is 19.6 Å². The number of fused-ring (bicyclic) bond motifs is 1. The molecule has 7 rings (SSSR count). The van der Waals surface area contributed by atoms with Crippen molar-refractivity contribution in [3.8, 4) is 11.1 Å². The van der Waals surface area contributed by atoms with E-state index in [4.69, 9.17) is 0 Å². The summed E-state index contributed by atoms with van der Waals surface area (Å²) in [5.74, 6) is 0.238. The fourth-order valence-corrected chi connectivity index (χ4v) is 6.90. The highest BCUT2D eigenvalue weighted by molar-refractivity contribution is 6.00. The zero-order chi connectivity index (χ0) is 26.0. The van der Waals surface area contributed by atoms with Gasteiger partial charge in [-0.05, 0) is 41.3 Å². The number of benzene rings is 3. The van der Waals surface area contributed by atoms with Gasteiger partial charge in [-0.1, -0.05) is 67.6 Å². The number of nitrogens with one attached hydrogen (secondary N) is 2. The monoisotopic (exact) mass is 504 g/mol. The number of piperidine rings is 1. The maximum Gasteiger partial charge on any atom is 0.268 e. The molecule has 3 aliphatic rings. The number of hydrogen-bond acceptors (Lipinski definition) is 3. The van der Waals surface area contributed by atoms with Crippen LogP contribution in [0.5, 0.6) is 0 Å². The second kappa shape index (κ2) is 8.31. The number of aromatic amines is 1. The van der Waals surface area contributed by atoms with Gasteiger partial charge >= 0.3 is 0 Å².